The molecule has 1 saturated heterocycles. The van der Waals surface area contributed by atoms with Gasteiger partial charge in [-0.25, -0.2) is 0 Å². The third kappa shape index (κ3) is 5.09. The Bertz CT molecular complexity index is 1060. The molecule has 1 unspecified atom stereocenters. The second kappa shape index (κ2) is 10.8. The second-order valence-electron chi connectivity index (χ2n) is 9.39. The first-order chi connectivity index (χ1) is 16.4. The average Bonchev–Trinajstić information content (AvgIpc) is 3.37. The molecule has 6 heteroatoms. The highest BCUT2D eigenvalue weighted by molar-refractivity contribution is 7.10. The molecule has 4 rings (SSSR count). The van der Waals surface area contributed by atoms with Gasteiger partial charge in [0, 0.05) is 29.9 Å². The van der Waals surface area contributed by atoms with Gasteiger partial charge in [0.1, 0.15) is 17.6 Å². The van der Waals surface area contributed by atoms with Crippen LogP contribution in [-0.2, 0) is 5.54 Å². The molecule has 0 saturated carbocycles. The van der Waals surface area contributed by atoms with Crippen LogP contribution < -0.4 is 15.0 Å². The van der Waals surface area contributed by atoms with Crippen LogP contribution >= 0.6 is 11.3 Å². The molecule has 34 heavy (non-hydrogen) atoms. The molecule has 1 fully saturated rings. The lowest BCUT2D eigenvalue weighted by molar-refractivity contribution is 0.114. The van der Waals surface area contributed by atoms with E-state index in [9.17, 15) is 5.11 Å². The molecule has 0 spiro atoms. The highest BCUT2D eigenvalue weighted by Crippen LogP contribution is 2.43. The van der Waals surface area contributed by atoms with Crippen molar-refractivity contribution in [3.05, 3.63) is 76.0 Å². The number of aryl methyl sites for hydroxylation is 1. The fourth-order valence-electron chi connectivity index (χ4n) is 5.23. The van der Waals surface area contributed by atoms with Crippen molar-refractivity contribution in [2.24, 2.45) is 0 Å². The van der Waals surface area contributed by atoms with Gasteiger partial charge < -0.3 is 20.1 Å². The molecule has 1 aliphatic rings. The van der Waals surface area contributed by atoms with E-state index in [1.54, 1.807) is 11.3 Å². The summed E-state index contributed by atoms with van der Waals surface area (Å²) in [7, 11) is 6.33. The van der Waals surface area contributed by atoms with Crippen molar-refractivity contribution in [1.82, 2.24) is 10.2 Å². The summed E-state index contributed by atoms with van der Waals surface area (Å²) < 4.78 is 6.65. The molecule has 2 heterocycles. The summed E-state index contributed by atoms with van der Waals surface area (Å²) >= 11 is 1.76. The van der Waals surface area contributed by atoms with Crippen molar-refractivity contribution >= 4 is 17.0 Å². The van der Waals surface area contributed by atoms with E-state index in [1.165, 1.54) is 16.1 Å². The number of thiophene rings is 1. The number of anilines is 1. The van der Waals surface area contributed by atoms with Gasteiger partial charge in [-0.05, 0) is 94.3 Å². The summed E-state index contributed by atoms with van der Waals surface area (Å²) in [6.45, 7) is 4.90. The number of hydrogen-bond acceptors (Lipinski definition) is 6. The average molecular weight is 480 g/mol. The number of para-hydroxylation sites is 2. The standard InChI is InChI=1S/C28H37N3O2S/c1-21-20-22(32)11-12-23(21)28(30(3)4)14-17-31(18-15-28)24-8-5-6-9-25(24)33-26(13-16-29-2)27-10-7-19-34-27/h5-12,19-20,26,29,32H,13-18H2,1-4H3. The monoisotopic (exact) mass is 479 g/mol. The van der Waals surface area contributed by atoms with E-state index in [0.29, 0.717) is 5.75 Å². The van der Waals surface area contributed by atoms with Gasteiger partial charge in [-0.15, -0.1) is 11.3 Å². The Hall–Kier alpha value is -2.54. The van der Waals surface area contributed by atoms with E-state index >= 15 is 0 Å². The van der Waals surface area contributed by atoms with Gasteiger partial charge in [0.25, 0.3) is 0 Å². The number of ether oxygens (including phenoxy) is 1. The van der Waals surface area contributed by atoms with Crippen LogP contribution in [0.4, 0.5) is 5.69 Å². The minimum Gasteiger partial charge on any atom is -0.508 e. The summed E-state index contributed by atoms with van der Waals surface area (Å²) in [6.07, 6.45) is 2.98. The number of rotatable bonds is 9. The van der Waals surface area contributed by atoms with E-state index < -0.39 is 0 Å². The molecular formula is C28H37N3O2S. The first-order valence-corrected chi connectivity index (χ1v) is 13.0. The molecular weight excluding hydrogens is 442 g/mol. The van der Waals surface area contributed by atoms with Crippen molar-refractivity contribution < 1.29 is 9.84 Å². The normalized spacial score (nSPS) is 16.6. The Morgan fingerprint density at radius 1 is 1.12 bits per heavy atom. The zero-order chi connectivity index (χ0) is 24.1. The largest absolute Gasteiger partial charge is 0.508 e. The SMILES string of the molecule is CNCCC(Oc1ccccc1N1CCC(c2ccc(O)cc2C)(N(C)C)CC1)c1cccs1. The molecule has 1 atom stereocenters. The number of aromatic hydroxyl groups is 1. The van der Waals surface area contributed by atoms with E-state index in [1.807, 2.05) is 19.2 Å². The molecule has 1 aliphatic heterocycles. The summed E-state index contributed by atoms with van der Waals surface area (Å²) in [5.41, 5.74) is 3.58. The van der Waals surface area contributed by atoms with Gasteiger partial charge in [0.2, 0.25) is 0 Å². The van der Waals surface area contributed by atoms with Gasteiger partial charge >= 0.3 is 0 Å². The topological polar surface area (TPSA) is 48.0 Å². The Balaban J connectivity index is 1.56. The molecule has 5 nitrogen and oxygen atoms in total. The predicted octanol–water partition coefficient (Wildman–Crippen LogP) is 5.55. The van der Waals surface area contributed by atoms with Gasteiger partial charge in [-0.3, -0.25) is 4.90 Å². The number of benzene rings is 2. The first kappa shape index (κ1) is 24.6. The first-order valence-electron chi connectivity index (χ1n) is 12.1. The van der Waals surface area contributed by atoms with Crippen molar-refractivity contribution in [3.8, 4) is 11.5 Å². The number of hydrogen-bond donors (Lipinski definition) is 2. The van der Waals surface area contributed by atoms with Gasteiger partial charge in [-0.1, -0.05) is 24.3 Å². The number of phenolic OH excluding ortho intramolecular Hbond substituents is 1. The quantitative estimate of drug-likeness (QED) is 0.421. The van der Waals surface area contributed by atoms with Crippen molar-refractivity contribution in [1.29, 1.82) is 0 Å². The molecule has 0 amide bonds. The van der Waals surface area contributed by atoms with Gasteiger partial charge in [0.05, 0.1) is 5.69 Å². The minimum atomic E-state index is -0.0453. The lowest BCUT2D eigenvalue weighted by Gasteiger charge is -2.48. The second-order valence-corrected chi connectivity index (χ2v) is 10.4. The zero-order valence-corrected chi connectivity index (χ0v) is 21.6. The third-order valence-corrected chi connectivity index (χ3v) is 8.11. The van der Waals surface area contributed by atoms with Crippen LogP contribution in [0.1, 0.15) is 41.4 Å². The highest BCUT2D eigenvalue weighted by atomic mass is 32.1. The van der Waals surface area contributed by atoms with Crippen LogP contribution in [0.2, 0.25) is 0 Å². The van der Waals surface area contributed by atoms with E-state index in [-0.39, 0.29) is 11.6 Å². The van der Waals surface area contributed by atoms with E-state index in [4.69, 9.17) is 4.74 Å². The summed E-state index contributed by atoms with van der Waals surface area (Å²) in [5.74, 6) is 1.28. The smallest absolute Gasteiger partial charge is 0.143 e. The molecule has 2 aromatic carbocycles. The predicted molar refractivity (Wildman–Crippen MR) is 142 cm³/mol. The summed E-state index contributed by atoms with van der Waals surface area (Å²) in [4.78, 5) is 6.09. The van der Waals surface area contributed by atoms with Crippen LogP contribution in [-0.4, -0.2) is 50.8 Å². The Morgan fingerprint density at radius 3 is 2.53 bits per heavy atom. The van der Waals surface area contributed by atoms with Crippen LogP contribution in [0.15, 0.2) is 60.0 Å². The van der Waals surface area contributed by atoms with Crippen molar-refractivity contribution in [3.63, 3.8) is 0 Å². The fourth-order valence-corrected chi connectivity index (χ4v) is 6.01. The van der Waals surface area contributed by atoms with Gasteiger partial charge in [0.15, 0.2) is 0 Å². The number of phenols is 1. The van der Waals surface area contributed by atoms with Crippen molar-refractivity contribution in [2.75, 3.05) is 45.7 Å². The van der Waals surface area contributed by atoms with Crippen LogP contribution in [0.25, 0.3) is 0 Å². The third-order valence-electron chi connectivity index (χ3n) is 7.15. The van der Waals surface area contributed by atoms with Crippen LogP contribution in [0.3, 0.4) is 0 Å². The number of piperidine rings is 1. The molecule has 2 N–H and O–H groups in total. The highest BCUT2D eigenvalue weighted by Gasteiger charge is 2.39. The molecule has 182 valence electrons. The maximum atomic E-state index is 9.94. The van der Waals surface area contributed by atoms with E-state index in [2.05, 4.69) is 84.0 Å². The lowest BCUT2D eigenvalue weighted by Crippen LogP contribution is -2.51. The van der Waals surface area contributed by atoms with Crippen molar-refractivity contribution in [2.45, 2.75) is 37.8 Å². The number of nitrogens with one attached hydrogen (secondary N) is 1. The Morgan fingerprint density at radius 2 is 1.88 bits per heavy atom. The Labute approximate surface area is 208 Å². The fraction of sp³-hybridized carbons (Fsp3) is 0.429. The molecule has 3 aromatic rings. The minimum absolute atomic E-state index is 0.0407. The Kier molecular flexibility index (Phi) is 7.81. The number of nitrogens with zero attached hydrogens (tertiary/aromatic N) is 2. The maximum absolute atomic E-state index is 9.94. The summed E-state index contributed by atoms with van der Waals surface area (Å²) in [5, 5.41) is 15.3. The molecule has 0 aliphatic carbocycles. The molecule has 0 bridgehead atoms. The lowest BCUT2D eigenvalue weighted by atomic mass is 9.77. The zero-order valence-electron chi connectivity index (χ0n) is 20.8. The van der Waals surface area contributed by atoms with Crippen LogP contribution in [0, 0.1) is 6.92 Å². The molecule has 1 aromatic heterocycles. The van der Waals surface area contributed by atoms with Gasteiger partial charge in [-0.2, -0.15) is 0 Å². The van der Waals surface area contributed by atoms with E-state index in [0.717, 1.165) is 50.2 Å². The molecule has 0 radical (unpaired) electrons. The summed E-state index contributed by atoms with van der Waals surface area (Å²) in [6, 6.07) is 18.5. The van der Waals surface area contributed by atoms with Crippen LogP contribution in [0.5, 0.6) is 11.5 Å². The maximum Gasteiger partial charge on any atom is 0.143 e.